The number of rotatable bonds is 6. The minimum atomic E-state index is -0.463. The van der Waals surface area contributed by atoms with Crippen LogP contribution in [0.3, 0.4) is 0 Å². The van der Waals surface area contributed by atoms with Crippen molar-refractivity contribution < 1.29 is 9.52 Å². The zero-order valence-corrected chi connectivity index (χ0v) is 12.9. The maximum absolute atomic E-state index is 10.1. The quantitative estimate of drug-likeness (QED) is 0.737. The molecule has 0 unspecified atom stereocenters. The van der Waals surface area contributed by atoms with Gasteiger partial charge in [-0.05, 0) is 5.56 Å². The van der Waals surface area contributed by atoms with Gasteiger partial charge in [-0.1, -0.05) is 60.7 Å². The lowest BCUT2D eigenvalue weighted by molar-refractivity contribution is 0.204. The highest BCUT2D eigenvalue weighted by molar-refractivity contribution is 7.98. The Kier molecular flexibility index (Phi) is 4.93. The number of thioether (sulfide) groups is 1. The van der Waals surface area contributed by atoms with Crippen molar-refractivity contribution >= 4 is 11.8 Å². The molecular weight excluding hydrogens is 294 g/mol. The molecule has 0 aliphatic rings. The Balaban J connectivity index is 1.53. The Morgan fingerprint density at radius 3 is 2.41 bits per heavy atom. The lowest BCUT2D eigenvalue weighted by Gasteiger charge is -2.09. The summed E-state index contributed by atoms with van der Waals surface area (Å²) in [5.41, 5.74) is 1.96. The number of hydrogen-bond donors (Lipinski definition) is 1. The monoisotopic (exact) mass is 311 g/mol. The Hall–Kier alpha value is -2.04. The average molecular weight is 311 g/mol. The number of aliphatic hydroxyl groups excluding tert-OH is 1. The first-order chi connectivity index (χ1) is 10.8. The number of aliphatic hydroxyl groups is 1. The van der Waals surface area contributed by atoms with Gasteiger partial charge in [-0.2, -0.15) is 0 Å². The second-order valence-corrected chi connectivity index (χ2v) is 5.96. The highest BCUT2D eigenvalue weighted by atomic mass is 32.2. The third-order valence-electron chi connectivity index (χ3n) is 3.30. The molecule has 1 aromatic heterocycles. The second kappa shape index (κ2) is 7.29. The first-order valence-corrected chi connectivity index (χ1v) is 8.29. The van der Waals surface area contributed by atoms with Crippen molar-refractivity contribution in [1.82, 2.24) is 4.98 Å². The molecule has 0 aliphatic carbocycles. The van der Waals surface area contributed by atoms with Crippen molar-refractivity contribution in [2.75, 3.05) is 5.75 Å². The van der Waals surface area contributed by atoms with Gasteiger partial charge in [0.25, 0.3) is 0 Å². The summed E-state index contributed by atoms with van der Waals surface area (Å²) in [6, 6.07) is 19.6. The van der Waals surface area contributed by atoms with Crippen LogP contribution in [-0.2, 0) is 5.75 Å². The first kappa shape index (κ1) is 14.9. The van der Waals surface area contributed by atoms with Crippen LogP contribution >= 0.6 is 11.8 Å². The molecule has 112 valence electrons. The van der Waals surface area contributed by atoms with Gasteiger partial charge < -0.3 is 9.52 Å². The van der Waals surface area contributed by atoms with Crippen LogP contribution in [0.4, 0.5) is 0 Å². The van der Waals surface area contributed by atoms with Gasteiger partial charge in [0.2, 0.25) is 5.89 Å². The molecule has 0 radical (unpaired) electrons. The molecule has 0 aliphatic heterocycles. The van der Waals surface area contributed by atoms with Crippen LogP contribution in [0.1, 0.15) is 17.6 Å². The number of nitrogens with zero attached hydrogens (tertiary/aromatic N) is 1. The minimum absolute atomic E-state index is 0.463. The lowest BCUT2D eigenvalue weighted by Crippen LogP contribution is -2.00. The molecule has 1 N–H and O–H groups in total. The fourth-order valence-electron chi connectivity index (χ4n) is 2.14. The Labute approximate surface area is 134 Å². The number of aromatic nitrogens is 1. The predicted molar refractivity (Wildman–Crippen MR) is 89.5 cm³/mol. The van der Waals surface area contributed by atoms with Crippen molar-refractivity contribution in [1.29, 1.82) is 0 Å². The molecule has 0 amide bonds. The topological polar surface area (TPSA) is 46.3 Å². The van der Waals surface area contributed by atoms with Crippen LogP contribution in [0, 0.1) is 0 Å². The standard InChI is InChI=1S/C18H17NO2S/c20-16(14-7-3-1-4-8-14)12-22-13-18-19-11-17(21-18)15-9-5-2-6-10-15/h1-11,16,20H,12-13H2/t16-/m0/s1. The fraction of sp³-hybridized carbons (Fsp3) is 0.167. The predicted octanol–water partition coefficient (Wildman–Crippen LogP) is 4.31. The third-order valence-corrected chi connectivity index (χ3v) is 4.30. The molecule has 0 saturated carbocycles. The smallest absolute Gasteiger partial charge is 0.204 e. The molecule has 0 fully saturated rings. The highest BCUT2D eigenvalue weighted by Crippen LogP contribution is 2.24. The van der Waals surface area contributed by atoms with E-state index >= 15 is 0 Å². The molecule has 1 atom stereocenters. The van der Waals surface area contributed by atoms with E-state index in [0.29, 0.717) is 17.4 Å². The summed E-state index contributed by atoms with van der Waals surface area (Å²) in [4.78, 5) is 4.29. The maximum atomic E-state index is 10.1. The van der Waals surface area contributed by atoms with Crippen molar-refractivity contribution in [3.05, 3.63) is 78.3 Å². The molecule has 3 nitrogen and oxygen atoms in total. The van der Waals surface area contributed by atoms with Gasteiger partial charge in [0, 0.05) is 11.3 Å². The van der Waals surface area contributed by atoms with Crippen LogP contribution in [0.25, 0.3) is 11.3 Å². The molecule has 3 rings (SSSR count). The highest BCUT2D eigenvalue weighted by Gasteiger charge is 2.09. The summed E-state index contributed by atoms with van der Waals surface area (Å²) < 4.78 is 5.74. The van der Waals surface area contributed by atoms with Crippen molar-refractivity contribution in [3.8, 4) is 11.3 Å². The van der Waals surface area contributed by atoms with Gasteiger partial charge in [-0.3, -0.25) is 0 Å². The first-order valence-electron chi connectivity index (χ1n) is 7.14. The van der Waals surface area contributed by atoms with Crippen LogP contribution in [-0.4, -0.2) is 15.8 Å². The molecule has 0 spiro atoms. The largest absolute Gasteiger partial charge is 0.440 e. The molecule has 22 heavy (non-hydrogen) atoms. The normalized spacial score (nSPS) is 12.2. The van der Waals surface area contributed by atoms with Crippen LogP contribution in [0.5, 0.6) is 0 Å². The summed E-state index contributed by atoms with van der Waals surface area (Å²) in [5.74, 6) is 2.73. The lowest BCUT2D eigenvalue weighted by atomic mass is 10.1. The number of benzene rings is 2. The van der Waals surface area contributed by atoms with Gasteiger partial charge in [-0.15, -0.1) is 11.8 Å². The summed E-state index contributed by atoms with van der Waals surface area (Å²) in [6.45, 7) is 0. The summed E-state index contributed by atoms with van der Waals surface area (Å²) in [5, 5.41) is 10.1. The zero-order chi connectivity index (χ0) is 15.2. The Morgan fingerprint density at radius 2 is 1.68 bits per heavy atom. The summed E-state index contributed by atoms with van der Waals surface area (Å²) >= 11 is 1.61. The van der Waals surface area contributed by atoms with Crippen LogP contribution in [0.2, 0.25) is 0 Å². The van der Waals surface area contributed by atoms with Crippen molar-refractivity contribution in [3.63, 3.8) is 0 Å². The van der Waals surface area contributed by atoms with Crippen LogP contribution < -0.4 is 0 Å². The van der Waals surface area contributed by atoms with Crippen molar-refractivity contribution in [2.24, 2.45) is 0 Å². The summed E-state index contributed by atoms with van der Waals surface area (Å²) in [7, 11) is 0. The van der Waals surface area contributed by atoms with Crippen LogP contribution in [0.15, 0.2) is 71.3 Å². The Bertz CT molecular complexity index is 697. The molecule has 3 aromatic rings. The minimum Gasteiger partial charge on any atom is -0.440 e. The molecule has 2 aromatic carbocycles. The molecule has 0 saturated heterocycles. The SMILES string of the molecule is O[C@@H](CSCc1ncc(-c2ccccc2)o1)c1ccccc1. The molecule has 1 heterocycles. The van der Waals surface area contributed by atoms with Gasteiger partial charge in [0.1, 0.15) is 0 Å². The van der Waals surface area contributed by atoms with E-state index in [1.54, 1.807) is 18.0 Å². The van der Waals surface area contributed by atoms with E-state index in [4.69, 9.17) is 4.42 Å². The van der Waals surface area contributed by atoms with E-state index in [-0.39, 0.29) is 0 Å². The average Bonchev–Trinajstić information content (AvgIpc) is 3.05. The van der Waals surface area contributed by atoms with Gasteiger partial charge >= 0.3 is 0 Å². The maximum Gasteiger partial charge on any atom is 0.204 e. The second-order valence-electron chi connectivity index (χ2n) is 4.93. The molecule has 4 heteroatoms. The number of hydrogen-bond acceptors (Lipinski definition) is 4. The van der Waals surface area contributed by atoms with E-state index < -0.39 is 6.10 Å². The van der Waals surface area contributed by atoms with Gasteiger partial charge in [0.05, 0.1) is 18.1 Å². The van der Waals surface area contributed by atoms with Gasteiger partial charge in [-0.25, -0.2) is 4.98 Å². The van der Waals surface area contributed by atoms with E-state index in [9.17, 15) is 5.11 Å². The molecular formula is C18H17NO2S. The zero-order valence-electron chi connectivity index (χ0n) is 12.1. The van der Waals surface area contributed by atoms with E-state index in [1.807, 2.05) is 60.7 Å². The Morgan fingerprint density at radius 1 is 1.00 bits per heavy atom. The van der Waals surface area contributed by atoms with E-state index in [2.05, 4.69) is 4.98 Å². The number of oxazole rings is 1. The molecule has 0 bridgehead atoms. The fourth-order valence-corrected chi connectivity index (χ4v) is 2.98. The summed E-state index contributed by atoms with van der Waals surface area (Å²) in [6.07, 6.45) is 1.29. The van der Waals surface area contributed by atoms with E-state index in [1.165, 1.54) is 0 Å². The van der Waals surface area contributed by atoms with Crippen molar-refractivity contribution in [2.45, 2.75) is 11.9 Å². The van der Waals surface area contributed by atoms with E-state index in [0.717, 1.165) is 16.9 Å². The van der Waals surface area contributed by atoms with Gasteiger partial charge in [0.15, 0.2) is 5.76 Å². The third kappa shape index (κ3) is 3.78.